The van der Waals surface area contributed by atoms with Crippen molar-refractivity contribution in [2.75, 3.05) is 13.7 Å². The lowest BCUT2D eigenvalue weighted by atomic mass is 10.1. The first-order valence-corrected chi connectivity index (χ1v) is 8.03. The van der Waals surface area contributed by atoms with Gasteiger partial charge in [-0.1, -0.05) is 0 Å². The van der Waals surface area contributed by atoms with Gasteiger partial charge in [-0.3, -0.25) is 4.79 Å². The Balaban J connectivity index is 3.09. The van der Waals surface area contributed by atoms with Crippen molar-refractivity contribution >= 4 is 25.6 Å². The van der Waals surface area contributed by atoms with Crippen LogP contribution in [0.15, 0.2) is 17.0 Å². The highest BCUT2D eigenvalue weighted by Gasteiger charge is 2.20. The monoisotopic (exact) mass is 323 g/mol. The zero-order chi connectivity index (χ0) is 15.5. The minimum Gasteiger partial charge on any atom is -0.380 e. The highest BCUT2D eigenvalue weighted by atomic mass is 35.7. The number of methoxy groups -OCH3 is 1. The number of nitrogens with one attached hydrogen (secondary N) is 1. The number of hydrogen-bond acceptors (Lipinski definition) is 4. The first kappa shape index (κ1) is 16.9. The minimum absolute atomic E-state index is 0.115. The van der Waals surface area contributed by atoms with Crippen molar-refractivity contribution in [3.8, 4) is 0 Å². The Labute approximate surface area is 121 Å². The highest BCUT2D eigenvalue weighted by Crippen LogP contribution is 2.23. The molecule has 1 aromatic rings. The Morgan fingerprint density at radius 1 is 1.50 bits per heavy atom. The summed E-state index contributed by atoms with van der Waals surface area (Å²) in [5.41, 5.74) is -0.238. The second-order valence-corrected chi connectivity index (χ2v) is 6.81. The molecular weight excluding hydrogens is 309 g/mol. The summed E-state index contributed by atoms with van der Waals surface area (Å²) < 4.78 is 41.3. The maximum atomic E-state index is 13.7. The van der Waals surface area contributed by atoms with Gasteiger partial charge >= 0.3 is 0 Å². The summed E-state index contributed by atoms with van der Waals surface area (Å²) in [6.07, 6.45) is -0.217. The molecule has 0 heterocycles. The molecule has 0 bridgehead atoms. The molecule has 1 amide bonds. The highest BCUT2D eigenvalue weighted by molar-refractivity contribution is 8.13. The molecule has 0 aliphatic heterocycles. The molecule has 0 radical (unpaired) electrons. The van der Waals surface area contributed by atoms with E-state index in [9.17, 15) is 17.6 Å². The van der Waals surface area contributed by atoms with Gasteiger partial charge < -0.3 is 10.1 Å². The van der Waals surface area contributed by atoms with Crippen molar-refractivity contribution in [1.82, 2.24) is 5.32 Å². The lowest BCUT2D eigenvalue weighted by Crippen LogP contribution is -2.31. The quantitative estimate of drug-likeness (QED) is 0.839. The van der Waals surface area contributed by atoms with Crippen LogP contribution in [0.4, 0.5) is 4.39 Å². The van der Waals surface area contributed by atoms with Gasteiger partial charge in [-0.05, 0) is 26.0 Å². The van der Waals surface area contributed by atoms with Crippen molar-refractivity contribution in [3.05, 3.63) is 29.1 Å². The van der Waals surface area contributed by atoms with Crippen LogP contribution in [0.5, 0.6) is 0 Å². The molecule has 1 atom stereocenters. The Morgan fingerprint density at radius 3 is 2.60 bits per heavy atom. The van der Waals surface area contributed by atoms with Crippen molar-refractivity contribution < 1.29 is 22.3 Å². The van der Waals surface area contributed by atoms with E-state index in [0.29, 0.717) is 0 Å². The van der Waals surface area contributed by atoms with Gasteiger partial charge in [0, 0.05) is 35.5 Å². The van der Waals surface area contributed by atoms with Gasteiger partial charge in [0.15, 0.2) is 0 Å². The summed E-state index contributed by atoms with van der Waals surface area (Å²) in [7, 11) is 2.58. The fraction of sp³-hybridized carbons (Fsp3) is 0.417. The average molecular weight is 324 g/mol. The third kappa shape index (κ3) is 4.16. The Morgan fingerprint density at radius 2 is 2.10 bits per heavy atom. The molecule has 0 saturated heterocycles. The summed E-state index contributed by atoms with van der Waals surface area (Å²) >= 11 is 0. The van der Waals surface area contributed by atoms with Crippen molar-refractivity contribution in [3.63, 3.8) is 0 Å². The Hall–Kier alpha value is -1.18. The molecule has 0 aromatic heterocycles. The van der Waals surface area contributed by atoms with Crippen LogP contribution in [-0.4, -0.2) is 34.1 Å². The molecule has 1 aromatic carbocycles. The third-order valence-electron chi connectivity index (χ3n) is 2.77. The van der Waals surface area contributed by atoms with E-state index in [2.05, 4.69) is 5.32 Å². The Kier molecular flexibility index (Phi) is 5.50. The first-order valence-electron chi connectivity index (χ1n) is 5.72. The van der Waals surface area contributed by atoms with Crippen LogP contribution < -0.4 is 5.32 Å². The fourth-order valence-electron chi connectivity index (χ4n) is 1.46. The van der Waals surface area contributed by atoms with Gasteiger partial charge in [0.25, 0.3) is 15.0 Å². The fourth-order valence-corrected chi connectivity index (χ4v) is 2.67. The third-order valence-corrected chi connectivity index (χ3v) is 4.22. The molecule has 20 heavy (non-hydrogen) atoms. The molecule has 0 saturated carbocycles. The van der Waals surface area contributed by atoms with Gasteiger partial charge in [-0.15, -0.1) is 0 Å². The summed E-state index contributed by atoms with van der Waals surface area (Å²) in [6, 6.07) is 2.02. The van der Waals surface area contributed by atoms with E-state index in [0.717, 1.165) is 12.1 Å². The zero-order valence-electron chi connectivity index (χ0n) is 11.2. The van der Waals surface area contributed by atoms with Gasteiger partial charge in [0.2, 0.25) is 0 Å². The van der Waals surface area contributed by atoms with E-state index < -0.39 is 25.7 Å². The molecule has 112 valence electrons. The summed E-state index contributed by atoms with van der Waals surface area (Å²) in [5.74, 6) is -1.41. The molecule has 0 spiro atoms. The molecule has 1 rings (SSSR count). The van der Waals surface area contributed by atoms with Crippen LogP contribution in [0.1, 0.15) is 22.8 Å². The van der Waals surface area contributed by atoms with E-state index in [1.807, 2.05) is 0 Å². The molecule has 5 nitrogen and oxygen atoms in total. The van der Waals surface area contributed by atoms with Crippen LogP contribution in [0, 0.1) is 12.7 Å². The number of ether oxygens (including phenoxy) is 1. The summed E-state index contributed by atoms with van der Waals surface area (Å²) in [5, 5.41) is 2.51. The van der Waals surface area contributed by atoms with Crippen LogP contribution in [-0.2, 0) is 13.8 Å². The zero-order valence-corrected chi connectivity index (χ0v) is 12.8. The van der Waals surface area contributed by atoms with Crippen molar-refractivity contribution in [2.45, 2.75) is 24.8 Å². The maximum Gasteiger partial charge on any atom is 0.261 e. The molecule has 8 heteroatoms. The van der Waals surface area contributed by atoms with Gasteiger partial charge in [0.05, 0.1) is 11.0 Å². The topological polar surface area (TPSA) is 72.5 Å². The molecule has 1 unspecified atom stereocenters. The molecule has 0 fully saturated rings. The average Bonchev–Trinajstić information content (AvgIpc) is 2.36. The molecular formula is C12H15ClFNO4S. The lowest BCUT2D eigenvalue weighted by Gasteiger charge is -2.12. The van der Waals surface area contributed by atoms with Crippen LogP contribution >= 0.6 is 10.7 Å². The molecule has 0 aliphatic rings. The van der Waals surface area contributed by atoms with E-state index in [-0.39, 0.29) is 23.8 Å². The van der Waals surface area contributed by atoms with E-state index in [1.165, 1.54) is 14.0 Å². The largest absolute Gasteiger partial charge is 0.380 e. The smallest absolute Gasteiger partial charge is 0.261 e. The minimum atomic E-state index is -4.12. The van der Waals surface area contributed by atoms with E-state index in [1.54, 1.807) is 6.92 Å². The number of amides is 1. The normalized spacial score (nSPS) is 13.1. The standard InChI is InChI=1S/C12H15ClFNO4S/c1-7(19-3)6-15-12(16)9-4-10(14)8(2)11(5-9)20(13,17)18/h4-5,7H,6H2,1-3H3,(H,15,16). The molecule has 0 aliphatic carbocycles. The number of carbonyl (C=O) groups is 1. The number of halogens is 2. The van der Waals surface area contributed by atoms with Crippen molar-refractivity contribution in [2.24, 2.45) is 0 Å². The second kappa shape index (κ2) is 6.51. The van der Waals surface area contributed by atoms with E-state index >= 15 is 0 Å². The number of benzene rings is 1. The van der Waals surface area contributed by atoms with Gasteiger partial charge in [0.1, 0.15) is 5.82 Å². The predicted octanol–water partition coefficient (Wildman–Crippen LogP) is 1.83. The van der Waals surface area contributed by atoms with Crippen LogP contribution in [0.3, 0.4) is 0 Å². The number of rotatable bonds is 5. The summed E-state index contributed by atoms with van der Waals surface area (Å²) in [6.45, 7) is 3.23. The summed E-state index contributed by atoms with van der Waals surface area (Å²) in [4.78, 5) is 11.4. The number of carbonyl (C=O) groups excluding carboxylic acids is 1. The molecule has 1 N–H and O–H groups in total. The predicted molar refractivity (Wildman–Crippen MR) is 73.0 cm³/mol. The maximum absolute atomic E-state index is 13.7. The SMILES string of the molecule is COC(C)CNC(=O)c1cc(F)c(C)c(S(=O)(=O)Cl)c1. The number of hydrogen-bond donors (Lipinski definition) is 1. The second-order valence-electron chi connectivity index (χ2n) is 4.28. The van der Waals surface area contributed by atoms with E-state index in [4.69, 9.17) is 15.4 Å². The van der Waals surface area contributed by atoms with Crippen LogP contribution in [0.2, 0.25) is 0 Å². The van der Waals surface area contributed by atoms with Crippen LogP contribution in [0.25, 0.3) is 0 Å². The van der Waals surface area contributed by atoms with Crippen molar-refractivity contribution in [1.29, 1.82) is 0 Å². The first-order chi connectivity index (χ1) is 9.16. The van der Waals surface area contributed by atoms with Gasteiger partial charge in [-0.2, -0.15) is 0 Å². The van der Waals surface area contributed by atoms with Gasteiger partial charge in [-0.25, -0.2) is 12.8 Å². The Bertz CT molecular complexity index is 618. The lowest BCUT2D eigenvalue weighted by molar-refractivity contribution is 0.0870.